The zero-order valence-corrected chi connectivity index (χ0v) is 21.4. The van der Waals surface area contributed by atoms with Gasteiger partial charge in [0.05, 0.1) is 28.7 Å². The number of benzene rings is 2. The number of esters is 1. The van der Waals surface area contributed by atoms with E-state index in [0.717, 1.165) is 42.3 Å². The second kappa shape index (κ2) is 9.63. The molecule has 3 atom stereocenters. The molecule has 0 saturated carbocycles. The first-order valence-electron chi connectivity index (χ1n) is 11.7. The number of alkyl halides is 3. The Labute approximate surface area is 213 Å². The van der Waals surface area contributed by atoms with E-state index in [2.05, 4.69) is 18.5 Å². The van der Waals surface area contributed by atoms with Crippen molar-refractivity contribution in [1.82, 2.24) is 4.90 Å². The van der Waals surface area contributed by atoms with Gasteiger partial charge in [-0.3, -0.25) is 0 Å². The summed E-state index contributed by atoms with van der Waals surface area (Å²) in [5, 5.41) is -0.476. The fraction of sp³-hybridized carbons (Fsp3) is 0.444. The third-order valence-electron chi connectivity index (χ3n) is 7.14. The SMILES string of the molecule is C=C(C)[C@@]12CCN(C)Cc3ccc(OC)c(c31)OC2C[C@H](C)OC(=O)c1ccc(Cl)c(C(F)(F)F)c1. The largest absolute Gasteiger partial charge is 0.493 e. The topological polar surface area (TPSA) is 48.0 Å². The number of ether oxygens (including phenoxy) is 3. The lowest BCUT2D eigenvalue weighted by Crippen LogP contribution is -2.42. The minimum atomic E-state index is -4.68. The highest BCUT2D eigenvalue weighted by Gasteiger charge is 2.53. The van der Waals surface area contributed by atoms with Gasteiger partial charge in [-0.15, -0.1) is 0 Å². The van der Waals surface area contributed by atoms with E-state index in [0.29, 0.717) is 24.0 Å². The van der Waals surface area contributed by atoms with Crippen LogP contribution < -0.4 is 9.47 Å². The van der Waals surface area contributed by atoms with Gasteiger partial charge >= 0.3 is 12.1 Å². The zero-order chi connectivity index (χ0) is 26.4. The molecule has 36 heavy (non-hydrogen) atoms. The molecule has 4 rings (SSSR count). The first kappa shape index (κ1) is 26.4. The van der Waals surface area contributed by atoms with Gasteiger partial charge in [0.2, 0.25) is 0 Å². The number of carbonyl (C=O) groups is 1. The molecule has 0 bridgehead atoms. The van der Waals surface area contributed by atoms with Crippen molar-refractivity contribution in [2.24, 2.45) is 0 Å². The van der Waals surface area contributed by atoms with Crippen LogP contribution >= 0.6 is 11.6 Å². The number of methoxy groups -OCH3 is 1. The molecule has 0 aliphatic carbocycles. The van der Waals surface area contributed by atoms with Crippen LogP contribution in [0.2, 0.25) is 5.02 Å². The lowest BCUT2D eigenvalue weighted by atomic mass is 9.67. The molecule has 0 N–H and O–H groups in total. The smallest absolute Gasteiger partial charge is 0.417 e. The molecule has 9 heteroatoms. The van der Waals surface area contributed by atoms with Crippen LogP contribution in [0.5, 0.6) is 11.5 Å². The van der Waals surface area contributed by atoms with Crippen molar-refractivity contribution >= 4 is 17.6 Å². The number of carbonyl (C=O) groups excluding carboxylic acids is 1. The second-order valence-corrected chi connectivity index (χ2v) is 10.0. The van der Waals surface area contributed by atoms with E-state index in [1.54, 1.807) is 14.0 Å². The van der Waals surface area contributed by atoms with Crippen LogP contribution in [-0.4, -0.2) is 43.8 Å². The Morgan fingerprint density at radius 1 is 1.33 bits per heavy atom. The summed E-state index contributed by atoms with van der Waals surface area (Å²) in [6.45, 7) is 9.56. The van der Waals surface area contributed by atoms with Crippen molar-refractivity contribution in [3.63, 3.8) is 0 Å². The van der Waals surface area contributed by atoms with Gasteiger partial charge in [-0.1, -0.05) is 29.8 Å². The Morgan fingerprint density at radius 3 is 2.69 bits per heavy atom. The average Bonchev–Trinajstić information content (AvgIpc) is 3.03. The van der Waals surface area contributed by atoms with Crippen molar-refractivity contribution < 1.29 is 32.2 Å². The fourth-order valence-electron chi connectivity index (χ4n) is 5.35. The molecule has 2 heterocycles. The van der Waals surface area contributed by atoms with Gasteiger partial charge < -0.3 is 19.1 Å². The van der Waals surface area contributed by atoms with E-state index >= 15 is 0 Å². The second-order valence-electron chi connectivity index (χ2n) is 9.62. The molecule has 194 valence electrons. The molecule has 0 aromatic heterocycles. The van der Waals surface area contributed by atoms with Gasteiger partial charge in [-0.25, -0.2) is 4.79 Å². The Kier molecular flexibility index (Phi) is 7.05. The quantitative estimate of drug-likeness (QED) is 0.323. The van der Waals surface area contributed by atoms with Crippen molar-refractivity contribution in [2.45, 2.75) is 57.0 Å². The third kappa shape index (κ3) is 4.57. The number of nitrogens with zero attached hydrogens (tertiary/aromatic N) is 1. The van der Waals surface area contributed by atoms with Crippen molar-refractivity contribution in [1.29, 1.82) is 0 Å². The highest BCUT2D eigenvalue weighted by Crippen LogP contribution is 2.56. The molecule has 2 aromatic carbocycles. The van der Waals surface area contributed by atoms with Crippen molar-refractivity contribution in [3.8, 4) is 11.5 Å². The molecule has 0 saturated heterocycles. The van der Waals surface area contributed by atoms with Crippen molar-refractivity contribution in [2.75, 3.05) is 20.7 Å². The van der Waals surface area contributed by atoms with Crippen molar-refractivity contribution in [3.05, 3.63) is 69.8 Å². The highest BCUT2D eigenvalue weighted by molar-refractivity contribution is 6.31. The predicted molar refractivity (Wildman–Crippen MR) is 131 cm³/mol. The monoisotopic (exact) mass is 523 g/mol. The average molecular weight is 524 g/mol. The Bertz CT molecular complexity index is 1200. The number of halogens is 4. The summed E-state index contributed by atoms with van der Waals surface area (Å²) in [5.41, 5.74) is 1.29. The van der Waals surface area contributed by atoms with Gasteiger partial charge in [0.1, 0.15) is 12.2 Å². The van der Waals surface area contributed by atoms with Gasteiger partial charge in [0.25, 0.3) is 0 Å². The summed E-state index contributed by atoms with van der Waals surface area (Å²) < 4.78 is 57.4. The van der Waals surface area contributed by atoms with Crippen LogP contribution in [0.3, 0.4) is 0 Å². The van der Waals surface area contributed by atoms with E-state index in [9.17, 15) is 18.0 Å². The molecule has 1 unspecified atom stereocenters. The van der Waals surface area contributed by atoms with E-state index in [-0.39, 0.29) is 5.56 Å². The van der Waals surface area contributed by atoms with Gasteiger partial charge in [-0.05, 0) is 63.7 Å². The minimum Gasteiger partial charge on any atom is -0.493 e. The first-order valence-corrected chi connectivity index (χ1v) is 12.1. The maximum atomic E-state index is 13.2. The first-order chi connectivity index (χ1) is 16.9. The fourth-order valence-corrected chi connectivity index (χ4v) is 5.58. The molecule has 0 radical (unpaired) electrons. The molecule has 2 aliphatic heterocycles. The van der Waals surface area contributed by atoms with Crippen LogP contribution in [0, 0.1) is 0 Å². The van der Waals surface area contributed by atoms with Crippen LogP contribution in [-0.2, 0) is 22.9 Å². The maximum Gasteiger partial charge on any atom is 0.417 e. The summed E-state index contributed by atoms with van der Waals surface area (Å²) in [6.07, 6.45) is -4.65. The van der Waals surface area contributed by atoms with Gasteiger partial charge in [0.15, 0.2) is 11.5 Å². The van der Waals surface area contributed by atoms with Crippen LogP contribution in [0.15, 0.2) is 42.5 Å². The predicted octanol–water partition coefficient (Wildman–Crippen LogP) is 6.41. The lowest BCUT2D eigenvalue weighted by molar-refractivity contribution is -0.137. The molecule has 0 spiro atoms. The Balaban J connectivity index is 1.62. The third-order valence-corrected chi connectivity index (χ3v) is 7.46. The summed E-state index contributed by atoms with van der Waals surface area (Å²) in [6, 6.07) is 6.93. The Morgan fingerprint density at radius 2 is 2.06 bits per heavy atom. The van der Waals surface area contributed by atoms with E-state index in [4.69, 9.17) is 25.8 Å². The number of rotatable bonds is 6. The summed E-state index contributed by atoms with van der Waals surface area (Å²) in [7, 11) is 3.65. The molecule has 5 nitrogen and oxygen atoms in total. The molecule has 2 aromatic rings. The molecular formula is C27H29ClF3NO4. The minimum absolute atomic E-state index is 0.219. The molecule has 2 aliphatic rings. The zero-order valence-electron chi connectivity index (χ0n) is 20.7. The summed E-state index contributed by atoms with van der Waals surface area (Å²) in [5.74, 6) is 0.435. The molecule has 0 amide bonds. The highest BCUT2D eigenvalue weighted by atomic mass is 35.5. The van der Waals surface area contributed by atoms with Gasteiger partial charge in [-0.2, -0.15) is 13.2 Å². The number of hydrogen-bond acceptors (Lipinski definition) is 5. The normalized spacial score (nSPS) is 22.3. The van der Waals surface area contributed by atoms with Crippen LogP contribution in [0.1, 0.15) is 53.7 Å². The Hall–Kier alpha value is -2.71. The van der Waals surface area contributed by atoms with Crippen LogP contribution in [0.4, 0.5) is 13.2 Å². The van der Waals surface area contributed by atoms with E-state index < -0.39 is 40.4 Å². The summed E-state index contributed by atoms with van der Waals surface area (Å²) >= 11 is 5.68. The maximum absolute atomic E-state index is 13.2. The summed E-state index contributed by atoms with van der Waals surface area (Å²) in [4.78, 5) is 15.0. The molecular weight excluding hydrogens is 495 g/mol. The van der Waals surface area contributed by atoms with Gasteiger partial charge in [0, 0.05) is 18.5 Å². The molecule has 0 fully saturated rings. The van der Waals surface area contributed by atoms with Crippen LogP contribution in [0.25, 0.3) is 0 Å². The van der Waals surface area contributed by atoms with E-state index in [1.165, 1.54) is 6.07 Å². The standard InChI is InChI=1S/C27H29ClF3NO4/c1-15(2)26-10-11-32(4)14-18-7-9-21(34-5)24(23(18)26)36-22(26)12-16(3)35-25(33)17-6-8-20(28)19(13-17)27(29,30)31/h6-9,13,16,22H,1,10-12,14H2,2-5H3/t16-,22?,26+/m0/s1. The van der Waals surface area contributed by atoms with E-state index in [1.807, 2.05) is 19.1 Å². The number of hydrogen-bond donors (Lipinski definition) is 0. The lowest BCUT2D eigenvalue weighted by Gasteiger charge is -2.36.